The van der Waals surface area contributed by atoms with E-state index in [2.05, 4.69) is 59.1 Å². The molecule has 0 aliphatic carbocycles. The smallest absolute Gasteiger partial charge is 0.124 e. The van der Waals surface area contributed by atoms with Crippen LogP contribution in [-0.2, 0) is 6.54 Å². The number of ether oxygens (including phenoxy) is 1. The van der Waals surface area contributed by atoms with Crippen LogP contribution in [0, 0.1) is 10.5 Å². The number of hydrogen-bond acceptors (Lipinski definition) is 2. The van der Waals surface area contributed by atoms with Gasteiger partial charge in [-0.1, -0.05) is 24.3 Å². The van der Waals surface area contributed by atoms with Crippen molar-refractivity contribution in [1.82, 2.24) is 0 Å². The lowest BCUT2D eigenvalue weighted by atomic mass is 10.2. The van der Waals surface area contributed by atoms with Gasteiger partial charge in [-0.15, -0.1) is 0 Å². The van der Waals surface area contributed by atoms with Crippen LogP contribution in [0.15, 0.2) is 42.5 Å². The summed E-state index contributed by atoms with van der Waals surface area (Å²) in [5.74, 6) is 0.955. The highest BCUT2D eigenvalue weighted by Gasteiger charge is 2.05. The van der Waals surface area contributed by atoms with Crippen LogP contribution in [-0.4, -0.2) is 6.10 Å². The topological polar surface area (TPSA) is 21.3 Å². The van der Waals surface area contributed by atoms with Crippen LogP contribution in [0.25, 0.3) is 0 Å². The van der Waals surface area contributed by atoms with Gasteiger partial charge in [0.1, 0.15) is 5.75 Å². The Morgan fingerprint density at radius 1 is 1.15 bits per heavy atom. The Labute approximate surface area is 134 Å². The number of aryl methyl sites for hydroxylation is 1. The van der Waals surface area contributed by atoms with Crippen molar-refractivity contribution >= 4 is 28.3 Å². The van der Waals surface area contributed by atoms with Crippen molar-refractivity contribution in [3.05, 3.63) is 57.2 Å². The maximum absolute atomic E-state index is 5.84. The fraction of sp³-hybridized carbons (Fsp3) is 0.294. The molecule has 0 saturated heterocycles. The molecule has 2 aromatic carbocycles. The van der Waals surface area contributed by atoms with Crippen LogP contribution in [0.5, 0.6) is 5.75 Å². The molecule has 0 spiro atoms. The lowest BCUT2D eigenvalue weighted by Gasteiger charge is -2.15. The lowest BCUT2D eigenvalue weighted by Crippen LogP contribution is -2.09. The summed E-state index contributed by atoms with van der Waals surface area (Å²) in [4.78, 5) is 0. The Balaban J connectivity index is 2.08. The molecule has 0 radical (unpaired) electrons. The maximum Gasteiger partial charge on any atom is 0.124 e. The van der Waals surface area contributed by atoms with E-state index in [4.69, 9.17) is 4.74 Å². The van der Waals surface area contributed by atoms with Crippen molar-refractivity contribution in [2.24, 2.45) is 0 Å². The molecule has 2 nitrogen and oxygen atoms in total. The third-order valence-electron chi connectivity index (χ3n) is 2.99. The third-order valence-corrected chi connectivity index (χ3v) is 4.15. The van der Waals surface area contributed by atoms with E-state index in [9.17, 15) is 0 Å². The second-order valence-corrected chi connectivity index (χ2v) is 6.25. The van der Waals surface area contributed by atoms with E-state index in [0.29, 0.717) is 0 Å². The van der Waals surface area contributed by atoms with Gasteiger partial charge in [-0.25, -0.2) is 0 Å². The summed E-state index contributed by atoms with van der Waals surface area (Å²) in [7, 11) is 0. The molecule has 2 aromatic rings. The number of halogens is 1. The van der Waals surface area contributed by atoms with E-state index in [1.165, 1.54) is 14.7 Å². The van der Waals surface area contributed by atoms with Crippen molar-refractivity contribution in [2.45, 2.75) is 33.4 Å². The number of rotatable bonds is 5. The van der Waals surface area contributed by atoms with Crippen LogP contribution in [0.2, 0.25) is 0 Å². The summed E-state index contributed by atoms with van der Waals surface area (Å²) >= 11 is 2.36. The standard InChI is InChI=1S/C17H20INO/c1-12(2)20-17-7-5-4-6-14(17)11-19-15-9-8-13(3)16(18)10-15/h4-10,12,19H,11H2,1-3H3. The Morgan fingerprint density at radius 3 is 2.60 bits per heavy atom. The second-order valence-electron chi connectivity index (χ2n) is 5.09. The Hall–Kier alpha value is -1.23. The molecule has 106 valence electrons. The van der Waals surface area contributed by atoms with Crippen molar-refractivity contribution in [3.8, 4) is 5.75 Å². The zero-order chi connectivity index (χ0) is 14.5. The summed E-state index contributed by atoms with van der Waals surface area (Å²) in [5, 5.41) is 3.46. The van der Waals surface area contributed by atoms with Crippen molar-refractivity contribution in [2.75, 3.05) is 5.32 Å². The van der Waals surface area contributed by atoms with Crippen LogP contribution < -0.4 is 10.1 Å². The second kappa shape index (κ2) is 6.97. The predicted molar refractivity (Wildman–Crippen MR) is 93.4 cm³/mol. The number of nitrogens with one attached hydrogen (secondary N) is 1. The van der Waals surface area contributed by atoms with Crippen LogP contribution >= 0.6 is 22.6 Å². The predicted octanol–water partition coefficient (Wildman–Crippen LogP) is 5.00. The molecule has 0 aliphatic rings. The van der Waals surface area contributed by atoms with E-state index in [-0.39, 0.29) is 6.10 Å². The first-order valence-corrected chi connectivity index (χ1v) is 7.88. The molecule has 0 bridgehead atoms. The average molecular weight is 381 g/mol. The van der Waals surface area contributed by atoms with E-state index >= 15 is 0 Å². The monoisotopic (exact) mass is 381 g/mol. The van der Waals surface area contributed by atoms with Gasteiger partial charge >= 0.3 is 0 Å². The summed E-state index contributed by atoms with van der Waals surface area (Å²) in [6.45, 7) is 6.98. The molecular weight excluding hydrogens is 361 g/mol. The van der Waals surface area contributed by atoms with Gasteiger partial charge < -0.3 is 10.1 Å². The first-order chi connectivity index (χ1) is 9.56. The van der Waals surface area contributed by atoms with Gasteiger partial charge in [0.25, 0.3) is 0 Å². The third kappa shape index (κ3) is 4.13. The average Bonchev–Trinajstić information content (AvgIpc) is 2.41. The highest BCUT2D eigenvalue weighted by Crippen LogP contribution is 2.22. The molecule has 0 fully saturated rings. The quantitative estimate of drug-likeness (QED) is 0.736. The van der Waals surface area contributed by atoms with E-state index in [1.54, 1.807) is 0 Å². The summed E-state index contributed by atoms with van der Waals surface area (Å²) in [6.07, 6.45) is 0.191. The minimum atomic E-state index is 0.191. The van der Waals surface area contributed by atoms with Gasteiger partial charge in [0.05, 0.1) is 6.10 Å². The zero-order valence-electron chi connectivity index (χ0n) is 12.1. The van der Waals surface area contributed by atoms with Gasteiger partial charge in [0.15, 0.2) is 0 Å². The first kappa shape index (κ1) is 15.2. The van der Waals surface area contributed by atoms with Gasteiger partial charge in [-0.3, -0.25) is 0 Å². The molecule has 0 unspecified atom stereocenters. The van der Waals surface area contributed by atoms with Gasteiger partial charge in [0.2, 0.25) is 0 Å². The van der Waals surface area contributed by atoms with Crippen molar-refractivity contribution < 1.29 is 4.74 Å². The molecule has 0 atom stereocenters. The van der Waals surface area contributed by atoms with Gasteiger partial charge in [-0.2, -0.15) is 0 Å². The number of benzene rings is 2. The Morgan fingerprint density at radius 2 is 1.90 bits per heavy atom. The fourth-order valence-electron chi connectivity index (χ4n) is 1.92. The van der Waals surface area contributed by atoms with E-state index in [0.717, 1.165) is 18.0 Å². The molecule has 0 aromatic heterocycles. The number of para-hydroxylation sites is 1. The summed E-state index contributed by atoms with van der Waals surface area (Å²) in [6, 6.07) is 14.6. The van der Waals surface area contributed by atoms with Crippen LogP contribution in [0.4, 0.5) is 5.69 Å². The highest BCUT2D eigenvalue weighted by atomic mass is 127. The van der Waals surface area contributed by atoms with Gasteiger partial charge in [-0.05, 0) is 67.1 Å². The molecular formula is C17H20INO. The van der Waals surface area contributed by atoms with Crippen molar-refractivity contribution in [3.63, 3.8) is 0 Å². The minimum Gasteiger partial charge on any atom is -0.491 e. The normalized spacial score (nSPS) is 10.7. The van der Waals surface area contributed by atoms with E-state index < -0.39 is 0 Å². The zero-order valence-corrected chi connectivity index (χ0v) is 14.3. The Bertz CT molecular complexity index is 581. The molecule has 20 heavy (non-hydrogen) atoms. The molecule has 0 heterocycles. The fourth-order valence-corrected chi connectivity index (χ4v) is 2.43. The first-order valence-electron chi connectivity index (χ1n) is 6.81. The molecule has 0 aliphatic heterocycles. The number of anilines is 1. The Kier molecular flexibility index (Phi) is 5.29. The molecule has 0 amide bonds. The van der Waals surface area contributed by atoms with E-state index in [1.807, 2.05) is 32.0 Å². The highest BCUT2D eigenvalue weighted by molar-refractivity contribution is 14.1. The minimum absolute atomic E-state index is 0.191. The maximum atomic E-state index is 5.84. The molecule has 0 saturated carbocycles. The molecule has 1 N–H and O–H groups in total. The van der Waals surface area contributed by atoms with Gasteiger partial charge in [0, 0.05) is 21.4 Å². The molecule has 2 rings (SSSR count). The lowest BCUT2D eigenvalue weighted by molar-refractivity contribution is 0.240. The van der Waals surface area contributed by atoms with Crippen LogP contribution in [0.3, 0.4) is 0 Å². The summed E-state index contributed by atoms with van der Waals surface area (Å²) < 4.78 is 7.11. The summed E-state index contributed by atoms with van der Waals surface area (Å²) in [5.41, 5.74) is 3.62. The SMILES string of the molecule is Cc1ccc(NCc2ccccc2OC(C)C)cc1I. The molecule has 3 heteroatoms. The van der Waals surface area contributed by atoms with Crippen molar-refractivity contribution in [1.29, 1.82) is 0 Å². The van der Waals surface area contributed by atoms with Crippen LogP contribution in [0.1, 0.15) is 25.0 Å². The largest absolute Gasteiger partial charge is 0.491 e. The number of hydrogen-bond donors (Lipinski definition) is 1.